The number of carbonyl (C=O) groups is 1. The maximum Gasteiger partial charge on any atom is 0.331 e. The second-order valence-electron chi connectivity index (χ2n) is 4.08. The van der Waals surface area contributed by atoms with Gasteiger partial charge in [-0.2, -0.15) is 0 Å². The first-order chi connectivity index (χ1) is 8.20. The lowest BCUT2D eigenvalue weighted by atomic mass is 9.87. The van der Waals surface area contributed by atoms with E-state index < -0.39 is 0 Å². The molecule has 17 heavy (non-hydrogen) atoms. The Hall–Kier alpha value is -1.28. The van der Waals surface area contributed by atoms with E-state index in [9.17, 15) is 4.79 Å². The van der Waals surface area contributed by atoms with Crippen LogP contribution in [-0.2, 0) is 16.0 Å². The molecule has 0 aromatic heterocycles. The van der Waals surface area contributed by atoms with Gasteiger partial charge in [-0.3, -0.25) is 0 Å². The Kier molecular flexibility index (Phi) is 3.85. The molecule has 0 amide bonds. The highest BCUT2D eigenvalue weighted by molar-refractivity contribution is 6.30. The number of halogens is 1. The predicted octanol–water partition coefficient (Wildman–Crippen LogP) is 3.62. The van der Waals surface area contributed by atoms with Gasteiger partial charge in [-0.1, -0.05) is 17.7 Å². The van der Waals surface area contributed by atoms with Crippen LogP contribution in [0.1, 0.15) is 30.9 Å². The summed E-state index contributed by atoms with van der Waals surface area (Å²) >= 11 is 6.00. The van der Waals surface area contributed by atoms with Crippen molar-refractivity contribution in [2.24, 2.45) is 0 Å². The summed E-state index contributed by atoms with van der Waals surface area (Å²) in [5.41, 5.74) is 3.39. The fourth-order valence-electron chi connectivity index (χ4n) is 2.15. The summed E-state index contributed by atoms with van der Waals surface area (Å²) < 4.78 is 4.94. The maximum atomic E-state index is 11.5. The van der Waals surface area contributed by atoms with Crippen molar-refractivity contribution >= 4 is 23.1 Å². The van der Waals surface area contributed by atoms with E-state index in [1.54, 1.807) is 6.08 Å². The van der Waals surface area contributed by atoms with Crippen LogP contribution in [0.2, 0.25) is 5.02 Å². The third-order valence-corrected chi connectivity index (χ3v) is 3.12. The maximum absolute atomic E-state index is 11.5. The first-order valence-electron chi connectivity index (χ1n) is 5.87. The second kappa shape index (κ2) is 5.37. The van der Waals surface area contributed by atoms with Gasteiger partial charge in [-0.25, -0.2) is 4.79 Å². The molecule has 1 aliphatic carbocycles. The molecule has 90 valence electrons. The molecule has 0 spiro atoms. The van der Waals surface area contributed by atoms with Crippen molar-refractivity contribution in [2.45, 2.75) is 26.2 Å². The fraction of sp³-hybridized carbons (Fsp3) is 0.357. The van der Waals surface area contributed by atoms with E-state index in [0.717, 1.165) is 30.4 Å². The summed E-state index contributed by atoms with van der Waals surface area (Å²) in [6.45, 7) is 2.22. The molecule has 1 aromatic rings. The molecule has 3 heteroatoms. The summed E-state index contributed by atoms with van der Waals surface area (Å²) in [6, 6.07) is 5.87. The molecule has 0 fully saturated rings. The van der Waals surface area contributed by atoms with Gasteiger partial charge in [0.25, 0.3) is 0 Å². The first kappa shape index (κ1) is 12.2. The molecule has 0 saturated carbocycles. The number of allylic oxidation sites excluding steroid dienone is 1. The van der Waals surface area contributed by atoms with Gasteiger partial charge >= 0.3 is 5.97 Å². The minimum absolute atomic E-state index is 0.268. The van der Waals surface area contributed by atoms with Gasteiger partial charge in [0, 0.05) is 11.1 Å². The number of rotatable bonds is 2. The number of hydrogen-bond donors (Lipinski definition) is 0. The number of esters is 1. The van der Waals surface area contributed by atoms with Crippen molar-refractivity contribution in [3.63, 3.8) is 0 Å². The molecule has 0 aliphatic heterocycles. The molecule has 0 atom stereocenters. The van der Waals surface area contributed by atoms with Gasteiger partial charge in [-0.15, -0.1) is 0 Å². The van der Waals surface area contributed by atoms with Crippen LogP contribution in [0.4, 0.5) is 0 Å². The van der Waals surface area contributed by atoms with Gasteiger partial charge in [0.05, 0.1) is 6.61 Å². The average molecular weight is 251 g/mol. The Bertz CT molecular complexity index is 463. The Morgan fingerprint density at radius 1 is 1.47 bits per heavy atom. The molecule has 0 bridgehead atoms. The smallest absolute Gasteiger partial charge is 0.331 e. The van der Waals surface area contributed by atoms with Crippen molar-refractivity contribution in [1.82, 2.24) is 0 Å². The highest BCUT2D eigenvalue weighted by Gasteiger charge is 2.15. The largest absolute Gasteiger partial charge is 0.463 e. The predicted molar refractivity (Wildman–Crippen MR) is 69.0 cm³/mol. The van der Waals surface area contributed by atoms with Crippen molar-refractivity contribution in [3.8, 4) is 0 Å². The molecule has 1 aliphatic rings. The first-order valence-corrected chi connectivity index (χ1v) is 6.24. The van der Waals surface area contributed by atoms with Crippen LogP contribution in [0.15, 0.2) is 24.3 Å². The van der Waals surface area contributed by atoms with Crippen LogP contribution >= 0.6 is 11.6 Å². The average Bonchev–Trinajstić information content (AvgIpc) is 2.30. The number of benzene rings is 1. The number of ether oxygens (including phenoxy) is 1. The van der Waals surface area contributed by atoms with Crippen LogP contribution in [-0.4, -0.2) is 12.6 Å². The van der Waals surface area contributed by atoms with Gasteiger partial charge < -0.3 is 4.74 Å². The van der Waals surface area contributed by atoms with Crippen molar-refractivity contribution in [2.75, 3.05) is 6.61 Å². The Morgan fingerprint density at radius 3 is 3.06 bits per heavy atom. The topological polar surface area (TPSA) is 26.3 Å². The lowest BCUT2D eigenvalue weighted by molar-refractivity contribution is -0.137. The fourth-order valence-corrected chi connectivity index (χ4v) is 2.32. The van der Waals surface area contributed by atoms with E-state index in [1.807, 2.05) is 25.1 Å². The van der Waals surface area contributed by atoms with Gasteiger partial charge in [0.1, 0.15) is 0 Å². The summed E-state index contributed by atoms with van der Waals surface area (Å²) in [5.74, 6) is -0.268. The molecule has 1 aromatic carbocycles. The van der Waals surface area contributed by atoms with Gasteiger partial charge in [0.15, 0.2) is 0 Å². The zero-order valence-corrected chi connectivity index (χ0v) is 10.6. The normalized spacial score (nSPS) is 16.7. The van der Waals surface area contributed by atoms with E-state index in [0.29, 0.717) is 11.6 Å². The molecule has 2 rings (SSSR count). The SMILES string of the molecule is CCOC(=O)C=C1CCCc2ccc(Cl)cc21. The summed E-state index contributed by atoms with van der Waals surface area (Å²) in [5, 5.41) is 0.709. The second-order valence-corrected chi connectivity index (χ2v) is 4.51. The van der Waals surface area contributed by atoms with Crippen molar-refractivity contribution < 1.29 is 9.53 Å². The quantitative estimate of drug-likeness (QED) is 0.592. The molecular formula is C14H15ClO2. The van der Waals surface area contributed by atoms with Crippen molar-refractivity contribution in [3.05, 3.63) is 40.4 Å². The molecule has 0 heterocycles. The Labute approximate surface area is 106 Å². The zero-order chi connectivity index (χ0) is 12.3. The number of aryl methyl sites for hydroxylation is 1. The van der Waals surface area contributed by atoms with Crippen LogP contribution < -0.4 is 0 Å². The third kappa shape index (κ3) is 2.89. The summed E-state index contributed by atoms with van der Waals surface area (Å²) in [4.78, 5) is 11.5. The summed E-state index contributed by atoms with van der Waals surface area (Å²) in [6.07, 6.45) is 4.62. The van der Waals surface area contributed by atoms with E-state index in [-0.39, 0.29) is 5.97 Å². The monoisotopic (exact) mass is 250 g/mol. The van der Waals surface area contributed by atoms with Crippen molar-refractivity contribution in [1.29, 1.82) is 0 Å². The molecule has 0 radical (unpaired) electrons. The molecule has 0 N–H and O–H groups in total. The van der Waals surface area contributed by atoms with E-state index >= 15 is 0 Å². The lowest BCUT2D eigenvalue weighted by Gasteiger charge is -2.19. The van der Waals surface area contributed by atoms with Gasteiger partial charge in [0.2, 0.25) is 0 Å². The number of hydrogen-bond acceptors (Lipinski definition) is 2. The van der Waals surface area contributed by atoms with Gasteiger partial charge in [-0.05, 0) is 55.0 Å². The Balaban J connectivity index is 2.33. The Morgan fingerprint density at radius 2 is 2.29 bits per heavy atom. The zero-order valence-electron chi connectivity index (χ0n) is 9.83. The minimum atomic E-state index is -0.268. The molecule has 2 nitrogen and oxygen atoms in total. The van der Waals surface area contributed by atoms with E-state index in [1.165, 1.54) is 5.56 Å². The van der Waals surface area contributed by atoms with E-state index in [2.05, 4.69) is 0 Å². The van der Waals surface area contributed by atoms with Crippen LogP contribution in [0.5, 0.6) is 0 Å². The lowest BCUT2D eigenvalue weighted by Crippen LogP contribution is -2.06. The molecular weight excluding hydrogens is 236 g/mol. The standard InChI is InChI=1S/C14H15ClO2/c1-2-17-14(16)8-11-5-3-4-10-6-7-12(15)9-13(10)11/h6-9H,2-5H2,1H3. The molecule has 0 unspecified atom stereocenters. The number of fused-ring (bicyclic) bond motifs is 1. The van der Waals surface area contributed by atoms with Crippen LogP contribution in [0.25, 0.3) is 5.57 Å². The van der Waals surface area contributed by atoms with E-state index in [4.69, 9.17) is 16.3 Å². The van der Waals surface area contributed by atoms with Crippen LogP contribution in [0.3, 0.4) is 0 Å². The third-order valence-electron chi connectivity index (χ3n) is 2.89. The minimum Gasteiger partial charge on any atom is -0.463 e. The van der Waals surface area contributed by atoms with Crippen LogP contribution in [0, 0.1) is 0 Å². The number of carbonyl (C=O) groups excluding carboxylic acids is 1. The summed E-state index contributed by atoms with van der Waals surface area (Å²) in [7, 11) is 0. The highest BCUT2D eigenvalue weighted by Crippen LogP contribution is 2.32. The highest BCUT2D eigenvalue weighted by atomic mass is 35.5. The molecule has 0 saturated heterocycles.